The van der Waals surface area contributed by atoms with Crippen molar-refractivity contribution in [2.75, 3.05) is 32.7 Å². The maximum atomic E-state index is 13.5. The van der Waals surface area contributed by atoms with E-state index in [2.05, 4.69) is 45.4 Å². The number of carbonyl (C=O) groups is 1. The lowest BCUT2D eigenvalue weighted by atomic mass is 10.0. The van der Waals surface area contributed by atoms with Crippen molar-refractivity contribution in [3.63, 3.8) is 0 Å². The summed E-state index contributed by atoms with van der Waals surface area (Å²) >= 11 is 0. The molecule has 2 fully saturated rings. The highest BCUT2D eigenvalue weighted by molar-refractivity contribution is 5.82. The summed E-state index contributed by atoms with van der Waals surface area (Å²) in [5, 5.41) is 8.28. The van der Waals surface area contributed by atoms with Crippen LogP contribution in [0.15, 0.2) is 30.3 Å². The van der Waals surface area contributed by atoms with Crippen LogP contribution in [0.2, 0.25) is 0 Å². The van der Waals surface area contributed by atoms with E-state index in [4.69, 9.17) is 5.10 Å². The number of amides is 1. The number of fused-ring (bicyclic) bond motifs is 1. The monoisotopic (exact) mass is 407 g/mol. The van der Waals surface area contributed by atoms with E-state index in [1.807, 2.05) is 11.7 Å². The molecular formula is C24H33N5O. The van der Waals surface area contributed by atoms with Crippen LogP contribution in [0, 0.1) is 0 Å². The molecule has 0 bridgehead atoms. The molecule has 1 atom stereocenters. The molecule has 1 N–H and O–H groups in total. The van der Waals surface area contributed by atoms with Crippen molar-refractivity contribution in [3.05, 3.63) is 41.6 Å². The first kappa shape index (κ1) is 19.8. The molecule has 160 valence electrons. The van der Waals surface area contributed by atoms with Crippen molar-refractivity contribution in [1.29, 1.82) is 0 Å². The number of piperidine rings is 1. The third kappa shape index (κ3) is 3.67. The second kappa shape index (κ2) is 8.52. The van der Waals surface area contributed by atoms with Crippen LogP contribution < -0.4 is 5.32 Å². The van der Waals surface area contributed by atoms with E-state index in [1.165, 1.54) is 29.7 Å². The fraction of sp³-hybridized carbons (Fsp3) is 0.583. The zero-order valence-electron chi connectivity index (χ0n) is 18.0. The first-order valence-corrected chi connectivity index (χ1v) is 11.6. The second-order valence-electron chi connectivity index (χ2n) is 8.97. The van der Waals surface area contributed by atoms with Gasteiger partial charge >= 0.3 is 0 Å². The molecule has 1 aromatic carbocycles. The molecule has 0 unspecified atom stereocenters. The molecule has 3 aliphatic heterocycles. The number of benzene rings is 1. The van der Waals surface area contributed by atoms with Gasteiger partial charge in [-0.05, 0) is 51.7 Å². The van der Waals surface area contributed by atoms with Gasteiger partial charge in [-0.3, -0.25) is 14.4 Å². The highest BCUT2D eigenvalue weighted by Crippen LogP contribution is 2.30. The number of likely N-dealkylation sites (tertiary alicyclic amines) is 1. The van der Waals surface area contributed by atoms with Gasteiger partial charge in [-0.25, -0.2) is 0 Å². The number of carbonyl (C=O) groups excluding carboxylic acids is 1. The molecule has 6 heteroatoms. The summed E-state index contributed by atoms with van der Waals surface area (Å²) < 4.78 is 2.02. The third-order valence-corrected chi connectivity index (χ3v) is 7.19. The zero-order chi connectivity index (χ0) is 20.5. The first-order chi connectivity index (χ1) is 14.7. The van der Waals surface area contributed by atoms with Crippen LogP contribution >= 0.6 is 0 Å². The van der Waals surface area contributed by atoms with Crippen LogP contribution in [0.5, 0.6) is 0 Å². The topological polar surface area (TPSA) is 53.4 Å². The van der Waals surface area contributed by atoms with Gasteiger partial charge in [0.2, 0.25) is 5.91 Å². The SMILES string of the molecule is Cn1nc2c(c1-c1ccccc1)CCN(C(=O)[C@@H]1CCCN1C1CCNCC1)CC2. The Kier molecular flexibility index (Phi) is 5.61. The van der Waals surface area contributed by atoms with E-state index in [0.29, 0.717) is 11.9 Å². The van der Waals surface area contributed by atoms with Crippen molar-refractivity contribution in [1.82, 2.24) is 24.9 Å². The van der Waals surface area contributed by atoms with E-state index in [1.54, 1.807) is 0 Å². The third-order valence-electron chi connectivity index (χ3n) is 7.19. The quantitative estimate of drug-likeness (QED) is 0.848. The number of rotatable bonds is 3. The number of hydrogen-bond acceptors (Lipinski definition) is 4. The predicted molar refractivity (Wildman–Crippen MR) is 118 cm³/mol. The van der Waals surface area contributed by atoms with Crippen LogP contribution in [0.4, 0.5) is 0 Å². The number of nitrogens with zero attached hydrogens (tertiary/aromatic N) is 4. The first-order valence-electron chi connectivity index (χ1n) is 11.6. The fourth-order valence-electron chi connectivity index (χ4n) is 5.70. The molecule has 0 saturated carbocycles. The van der Waals surface area contributed by atoms with Gasteiger partial charge in [-0.1, -0.05) is 30.3 Å². The highest BCUT2D eigenvalue weighted by atomic mass is 16.2. The van der Waals surface area contributed by atoms with E-state index in [9.17, 15) is 4.79 Å². The Labute approximate surface area is 179 Å². The summed E-state index contributed by atoms with van der Waals surface area (Å²) in [5.41, 5.74) is 4.90. The zero-order valence-corrected chi connectivity index (χ0v) is 18.0. The Hall–Kier alpha value is -2.18. The Balaban J connectivity index is 1.32. The van der Waals surface area contributed by atoms with Crippen molar-refractivity contribution in [3.8, 4) is 11.3 Å². The molecule has 6 nitrogen and oxygen atoms in total. The van der Waals surface area contributed by atoms with Crippen LogP contribution in [0.3, 0.4) is 0 Å². The minimum absolute atomic E-state index is 0.0817. The summed E-state index contributed by atoms with van der Waals surface area (Å²) in [6.45, 7) is 4.82. The number of nitrogens with one attached hydrogen (secondary N) is 1. The van der Waals surface area contributed by atoms with E-state index in [0.717, 1.165) is 64.1 Å². The molecule has 2 saturated heterocycles. The lowest BCUT2D eigenvalue weighted by molar-refractivity contribution is -0.136. The van der Waals surface area contributed by atoms with Crippen LogP contribution in [-0.4, -0.2) is 70.3 Å². The second-order valence-corrected chi connectivity index (χ2v) is 8.97. The summed E-state index contributed by atoms with van der Waals surface area (Å²) in [5.74, 6) is 0.349. The Morgan fingerprint density at radius 3 is 2.60 bits per heavy atom. The van der Waals surface area contributed by atoms with Gasteiger partial charge < -0.3 is 10.2 Å². The summed E-state index contributed by atoms with van der Waals surface area (Å²) in [6.07, 6.45) is 6.23. The molecular weight excluding hydrogens is 374 g/mol. The highest BCUT2D eigenvalue weighted by Gasteiger charge is 2.38. The van der Waals surface area contributed by atoms with Gasteiger partial charge in [-0.15, -0.1) is 0 Å². The lowest BCUT2D eigenvalue weighted by Gasteiger charge is -2.37. The molecule has 5 rings (SSSR count). The standard InChI is InChI=1S/C24H33N5O/c1-27-23(18-6-3-2-4-7-18)20-11-16-28(17-12-21(20)26-27)24(30)22-8-5-15-29(22)19-9-13-25-14-10-19/h2-4,6-7,19,22,25H,5,8-17H2,1H3/t22-/m0/s1. The largest absolute Gasteiger partial charge is 0.341 e. The Morgan fingerprint density at radius 1 is 1.03 bits per heavy atom. The number of aromatic nitrogens is 2. The Bertz CT molecular complexity index is 887. The molecule has 1 amide bonds. The van der Waals surface area contributed by atoms with Crippen molar-refractivity contribution >= 4 is 5.91 Å². The van der Waals surface area contributed by atoms with Gasteiger partial charge in [0.15, 0.2) is 0 Å². The average molecular weight is 408 g/mol. The fourth-order valence-corrected chi connectivity index (χ4v) is 5.70. The summed E-state index contributed by atoms with van der Waals surface area (Å²) in [4.78, 5) is 18.2. The lowest BCUT2D eigenvalue weighted by Crippen LogP contribution is -2.52. The average Bonchev–Trinajstić information content (AvgIpc) is 3.34. The normalized spacial score (nSPS) is 23.4. The minimum Gasteiger partial charge on any atom is -0.341 e. The maximum absolute atomic E-state index is 13.5. The van der Waals surface area contributed by atoms with E-state index in [-0.39, 0.29) is 6.04 Å². The van der Waals surface area contributed by atoms with E-state index < -0.39 is 0 Å². The molecule has 4 heterocycles. The van der Waals surface area contributed by atoms with Gasteiger partial charge in [-0.2, -0.15) is 5.10 Å². The summed E-state index contributed by atoms with van der Waals surface area (Å²) in [7, 11) is 2.04. The van der Waals surface area contributed by atoms with Gasteiger partial charge in [0.1, 0.15) is 0 Å². The minimum atomic E-state index is 0.0817. The van der Waals surface area contributed by atoms with Gasteiger partial charge in [0.25, 0.3) is 0 Å². The van der Waals surface area contributed by atoms with Gasteiger partial charge in [0.05, 0.1) is 17.4 Å². The molecule has 0 radical (unpaired) electrons. The summed E-state index contributed by atoms with van der Waals surface area (Å²) in [6, 6.07) is 11.2. The van der Waals surface area contributed by atoms with E-state index >= 15 is 0 Å². The smallest absolute Gasteiger partial charge is 0.239 e. The molecule has 30 heavy (non-hydrogen) atoms. The molecule has 3 aliphatic rings. The number of hydrogen-bond donors (Lipinski definition) is 1. The molecule has 1 aromatic heterocycles. The molecule has 0 aliphatic carbocycles. The van der Waals surface area contributed by atoms with Crippen molar-refractivity contribution in [2.45, 2.75) is 50.6 Å². The van der Waals surface area contributed by atoms with Crippen molar-refractivity contribution < 1.29 is 4.79 Å². The molecule has 0 spiro atoms. The Morgan fingerprint density at radius 2 is 1.80 bits per heavy atom. The molecule has 2 aromatic rings. The maximum Gasteiger partial charge on any atom is 0.239 e. The van der Waals surface area contributed by atoms with Crippen LogP contribution in [0.25, 0.3) is 11.3 Å². The van der Waals surface area contributed by atoms with Crippen LogP contribution in [-0.2, 0) is 24.7 Å². The predicted octanol–water partition coefficient (Wildman–Crippen LogP) is 2.23. The van der Waals surface area contributed by atoms with Crippen molar-refractivity contribution in [2.24, 2.45) is 7.05 Å². The van der Waals surface area contributed by atoms with Crippen LogP contribution in [0.1, 0.15) is 36.9 Å². The van der Waals surface area contributed by atoms with Gasteiger partial charge in [0, 0.05) is 43.7 Å². The number of aryl methyl sites for hydroxylation is 1.